The average molecular weight is 475 g/mol. The van der Waals surface area contributed by atoms with E-state index in [2.05, 4.69) is 126 Å². The highest BCUT2D eigenvalue weighted by atomic mass is 28.3. The molecule has 1 aromatic heterocycles. The van der Waals surface area contributed by atoms with Gasteiger partial charge in [0.15, 0.2) is 8.24 Å². The highest BCUT2D eigenvalue weighted by molar-refractivity contribution is 6.84. The zero-order chi connectivity index (χ0) is 23.6. The van der Waals surface area contributed by atoms with Crippen LogP contribution in [-0.4, -0.2) is 8.24 Å². The molecule has 2 aliphatic carbocycles. The van der Waals surface area contributed by atoms with Crippen molar-refractivity contribution >= 4 is 42.0 Å². The second kappa shape index (κ2) is 7.75. The van der Waals surface area contributed by atoms with Crippen LogP contribution in [0.3, 0.4) is 0 Å². The first-order chi connectivity index (χ1) is 17.1. The molecule has 0 radical (unpaired) electrons. The highest BCUT2D eigenvalue weighted by Crippen LogP contribution is 2.60. The molecular formula is C31H30N2OSi. The molecule has 1 aliphatic heterocycles. The average Bonchev–Trinajstić information content (AvgIpc) is 3.49. The molecule has 1 unspecified atom stereocenters. The number of para-hydroxylation sites is 5. The molecule has 3 aliphatic rings. The fourth-order valence-corrected chi connectivity index (χ4v) is 11.6. The lowest BCUT2D eigenvalue weighted by atomic mass is 9.92. The van der Waals surface area contributed by atoms with Crippen molar-refractivity contribution in [3.05, 3.63) is 109 Å². The Morgan fingerprint density at radius 2 is 1.49 bits per heavy atom. The van der Waals surface area contributed by atoms with Crippen molar-refractivity contribution in [1.29, 1.82) is 0 Å². The van der Waals surface area contributed by atoms with E-state index in [1.807, 2.05) is 0 Å². The minimum absolute atomic E-state index is 0.390. The molecular weight excluding hydrogens is 444 g/mol. The molecule has 0 amide bonds. The second-order valence-electron chi connectivity index (χ2n) is 10.7. The number of fused-ring (bicyclic) bond motifs is 4. The zero-order valence-corrected chi connectivity index (χ0v) is 21.2. The van der Waals surface area contributed by atoms with Crippen LogP contribution in [0.5, 0.6) is 0 Å². The number of nitrogens with zero attached hydrogens (tertiary/aromatic N) is 1. The number of benzene rings is 3. The van der Waals surface area contributed by atoms with Crippen molar-refractivity contribution in [2.75, 3.05) is 9.88 Å². The standard InChI is InChI=1S/C31H30N2OSi/c1-35(2,33-27-16-8-6-14-25(27)32-26-15-7-9-17-28(26)33)31-23-13-5-3-11-21(23)19-24(31)30-20-22-12-4-10-18-29(22)34-30/h3-18,20-21,23-24,31-32H,19H2,1-2H3/t21-,23-,24-,31?/m0/s1. The Morgan fingerprint density at radius 1 is 0.829 bits per heavy atom. The normalized spacial score (nSPS) is 24.7. The zero-order valence-electron chi connectivity index (χ0n) is 20.2. The van der Waals surface area contributed by atoms with Crippen LogP contribution in [0.15, 0.2) is 108 Å². The van der Waals surface area contributed by atoms with Gasteiger partial charge in [0, 0.05) is 11.3 Å². The summed E-state index contributed by atoms with van der Waals surface area (Å²) in [7, 11) is -2.13. The first kappa shape index (κ1) is 20.8. The Hall–Kier alpha value is -3.50. The second-order valence-corrected chi connectivity index (χ2v) is 15.1. The van der Waals surface area contributed by atoms with Crippen molar-refractivity contribution < 1.29 is 4.42 Å². The van der Waals surface area contributed by atoms with Gasteiger partial charge in [-0.15, -0.1) is 0 Å². The molecule has 1 saturated carbocycles. The monoisotopic (exact) mass is 474 g/mol. The fourth-order valence-electron chi connectivity index (χ4n) is 7.04. The van der Waals surface area contributed by atoms with Gasteiger partial charge in [0.05, 0.1) is 22.7 Å². The molecule has 0 spiro atoms. The molecule has 4 atom stereocenters. The van der Waals surface area contributed by atoms with Gasteiger partial charge in [0.2, 0.25) is 0 Å². The van der Waals surface area contributed by atoms with E-state index in [1.165, 1.54) is 28.1 Å². The summed E-state index contributed by atoms with van der Waals surface area (Å²) in [6.07, 6.45) is 10.6. The van der Waals surface area contributed by atoms with Gasteiger partial charge in [0.1, 0.15) is 11.3 Å². The maximum absolute atomic E-state index is 6.55. The summed E-state index contributed by atoms with van der Waals surface area (Å²) in [6.45, 7) is 5.14. The molecule has 7 rings (SSSR count). The van der Waals surface area contributed by atoms with Crippen LogP contribution in [0, 0.1) is 11.8 Å². The summed E-state index contributed by atoms with van der Waals surface area (Å²) in [5.41, 5.74) is 6.49. The van der Waals surface area contributed by atoms with Crippen molar-refractivity contribution in [3.8, 4) is 0 Å². The lowest BCUT2D eigenvalue weighted by molar-refractivity contribution is 0.482. The molecule has 4 aromatic rings. The molecule has 3 nitrogen and oxygen atoms in total. The lowest BCUT2D eigenvalue weighted by Gasteiger charge is -2.49. The van der Waals surface area contributed by atoms with Gasteiger partial charge >= 0.3 is 0 Å². The Bertz CT molecular complexity index is 1400. The molecule has 174 valence electrons. The third-order valence-electron chi connectivity index (χ3n) is 8.43. The van der Waals surface area contributed by atoms with E-state index in [4.69, 9.17) is 4.42 Å². The fraction of sp³-hybridized carbons (Fsp3) is 0.226. The highest BCUT2D eigenvalue weighted by Gasteiger charge is 2.55. The van der Waals surface area contributed by atoms with Crippen molar-refractivity contribution in [2.24, 2.45) is 11.8 Å². The van der Waals surface area contributed by atoms with Gasteiger partial charge in [-0.2, -0.15) is 0 Å². The van der Waals surface area contributed by atoms with E-state index in [9.17, 15) is 0 Å². The molecule has 3 aromatic carbocycles. The van der Waals surface area contributed by atoms with Crippen molar-refractivity contribution in [1.82, 2.24) is 0 Å². The summed E-state index contributed by atoms with van der Waals surface area (Å²) in [5.74, 6) is 2.63. The number of allylic oxidation sites excluding steroid dienone is 4. The van der Waals surface area contributed by atoms with Gasteiger partial charge in [-0.1, -0.05) is 79.9 Å². The Morgan fingerprint density at radius 3 is 2.23 bits per heavy atom. The molecule has 35 heavy (non-hydrogen) atoms. The number of rotatable bonds is 3. The minimum Gasteiger partial charge on any atom is -0.461 e. The largest absolute Gasteiger partial charge is 0.461 e. The van der Waals surface area contributed by atoms with E-state index in [0.29, 0.717) is 23.3 Å². The molecule has 4 heteroatoms. The van der Waals surface area contributed by atoms with Gasteiger partial charge in [-0.05, 0) is 60.2 Å². The maximum Gasteiger partial charge on any atom is 0.161 e. The number of hydrogen-bond donors (Lipinski definition) is 1. The first-order valence-electron chi connectivity index (χ1n) is 12.7. The summed E-state index contributed by atoms with van der Waals surface area (Å²) in [5, 5.41) is 4.89. The van der Waals surface area contributed by atoms with E-state index in [-0.39, 0.29) is 0 Å². The van der Waals surface area contributed by atoms with E-state index in [0.717, 1.165) is 17.8 Å². The van der Waals surface area contributed by atoms with E-state index >= 15 is 0 Å². The number of hydrogen-bond acceptors (Lipinski definition) is 3. The van der Waals surface area contributed by atoms with Crippen molar-refractivity contribution in [2.45, 2.75) is 31.0 Å². The van der Waals surface area contributed by atoms with Gasteiger partial charge in [-0.25, -0.2) is 0 Å². The van der Waals surface area contributed by atoms with Crippen LogP contribution in [0.2, 0.25) is 18.6 Å². The molecule has 1 fully saturated rings. The number of anilines is 4. The summed E-state index contributed by atoms with van der Waals surface area (Å²) >= 11 is 0. The van der Waals surface area contributed by atoms with Crippen LogP contribution in [0.4, 0.5) is 22.7 Å². The summed E-state index contributed by atoms with van der Waals surface area (Å²) in [6, 6.07) is 28.3. The van der Waals surface area contributed by atoms with Crippen LogP contribution in [0.1, 0.15) is 18.1 Å². The molecule has 1 N–H and O–H groups in total. The molecule has 2 heterocycles. The van der Waals surface area contributed by atoms with E-state index in [1.54, 1.807) is 0 Å². The number of nitrogens with one attached hydrogen (secondary N) is 1. The SMILES string of the molecule is C[Si](C)(C1[C@H]2C=CC=C[C@H]2C[C@H]1c1cc2ccccc2o1)N1c2ccccc2Nc2ccccc21. The summed E-state index contributed by atoms with van der Waals surface area (Å²) in [4.78, 5) is 0. The first-order valence-corrected chi connectivity index (χ1v) is 15.7. The lowest BCUT2D eigenvalue weighted by Crippen LogP contribution is -2.53. The van der Waals surface area contributed by atoms with E-state index < -0.39 is 8.24 Å². The van der Waals surface area contributed by atoms with Gasteiger partial charge < -0.3 is 14.3 Å². The third kappa shape index (κ3) is 3.16. The predicted octanol–water partition coefficient (Wildman–Crippen LogP) is 8.75. The van der Waals surface area contributed by atoms with Gasteiger partial charge in [0.25, 0.3) is 0 Å². The summed E-state index contributed by atoms with van der Waals surface area (Å²) < 4.78 is 9.28. The van der Waals surface area contributed by atoms with Crippen molar-refractivity contribution in [3.63, 3.8) is 0 Å². The topological polar surface area (TPSA) is 28.4 Å². The predicted molar refractivity (Wildman–Crippen MR) is 148 cm³/mol. The quantitative estimate of drug-likeness (QED) is 0.301. The Kier molecular flexibility index (Phi) is 4.62. The minimum atomic E-state index is -2.13. The number of furan rings is 1. The van der Waals surface area contributed by atoms with Crippen LogP contribution >= 0.6 is 0 Å². The van der Waals surface area contributed by atoms with Crippen LogP contribution in [-0.2, 0) is 0 Å². The van der Waals surface area contributed by atoms with Crippen LogP contribution in [0.25, 0.3) is 11.0 Å². The maximum atomic E-state index is 6.55. The molecule has 0 bridgehead atoms. The molecule has 0 saturated heterocycles. The van der Waals surface area contributed by atoms with Gasteiger partial charge in [-0.3, -0.25) is 0 Å². The van der Waals surface area contributed by atoms with Crippen LogP contribution < -0.4 is 9.88 Å². The Labute approximate surface area is 207 Å². The Balaban J connectivity index is 1.40. The smallest absolute Gasteiger partial charge is 0.161 e. The third-order valence-corrected chi connectivity index (χ3v) is 12.5.